The van der Waals surface area contributed by atoms with Crippen molar-refractivity contribution in [3.63, 3.8) is 0 Å². The quantitative estimate of drug-likeness (QED) is 0.0384. The van der Waals surface area contributed by atoms with Gasteiger partial charge in [0.2, 0.25) is 5.91 Å². The van der Waals surface area contributed by atoms with Gasteiger partial charge in [-0.25, -0.2) is 0 Å². The topological polar surface area (TPSA) is 89.8 Å². The molecule has 0 aliphatic rings. The maximum absolute atomic E-state index is 12.4. The summed E-state index contributed by atoms with van der Waals surface area (Å²) in [5.41, 5.74) is 0. The van der Waals surface area contributed by atoms with Gasteiger partial charge in [0.25, 0.3) is 0 Å². The molecule has 5 heteroatoms. The second-order valence-corrected chi connectivity index (χ2v) is 14.9. The van der Waals surface area contributed by atoms with Crippen LogP contribution in [0.4, 0.5) is 0 Å². The van der Waals surface area contributed by atoms with Gasteiger partial charge in [0.15, 0.2) is 0 Å². The number of amides is 1. The van der Waals surface area contributed by atoms with E-state index in [0.717, 1.165) is 32.1 Å². The van der Waals surface area contributed by atoms with Gasteiger partial charge >= 0.3 is 0 Å². The van der Waals surface area contributed by atoms with E-state index in [1.807, 2.05) is 0 Å². The van der Waals surface area contributed by atoms with E-state index >= 15 is 0 Å². The van der Waals surface area contributed by atoms with Gasteiger partial charge in [0.05, 0.1) is 24.9 Å². The number of unbranched alkanes of at least 4 members (excludes halogenated alkanes) is 30. The molecule has 0 saturated carbocycles. The molecule has 0 bridgehead atoms. The first-order valence-corrected chi connectivity index (χ1v) is 21.5. The van der Waals surface area contributed by atoms with Crippen molar-refractivity contribution in [3.05, 3.63) is 12.2 Å². The van der Waals surface area contributed by atoms with Crippen LogP contribution in [0.15, 0.2) is 12.2 Å². The number of aliphatic hydroxyl groups is 3. The Kier molecular flexibility index (Phi) is 38.1. The van der Waals surface area contributed by atoms with E-state index in [4.69, 9.17) is 0 Å². The number of carbonyl (C=O) groups is 1. The first-order valence-electron chi connectivity index (χ1n) is 21.5. The monoisotopic (exact) mass is 680 g/mol. The van der Waals surface area contributed by atoms with Crippen molar-refractivity contribution < 1.29 is 20.1 Å². The molecule has 0 aliphatic heterocycles. The molecule has 0 aliphatic carbocycles. The number of carbonyl (C=O) groups excluding carboxylic acids is 1. The fourth-order valence-electron chi connectivity index (χ4n) is 6.73. The van der Waals surface area contributed by atoms with Gasteiger partial charge in [0, 0.05) is 6.42 Å². The molecule has 3 atom stereocenters. The summed E-state index contributed by atoms with van der Waals surface area (Å²) in [5.74, 6) is -0.124. The number of hydrogen-bond acceptors (Lipinski definition) is 4. The molecule has 4 N–H and O–H groups in total. The van der Waals surface area contributed by atoms with Crippen LogP contribution in [0.2, 0.25) is 0 Å². The van der Waals surface area contributed by atoms with E-state index in [1.165, 1.54) is 179 Å². The third-order valence-electron chi connectivity index (χ3n) is 10.1. The van der Waals surface area contributed by atoms with Crippen molar-refractivity contribution in [2.75, 3.05) is 6.61 Å². The SMILES string of the molecule is CCCCCCCCCCCCCCCCCCCCCCCCC(=O)N[C@@H](CO)[C@H](O)/C=C/C(O)CCCCCCCCCCCC. The lowest BCUT2D eigenvalue weighted by molar-refractivity contribution is -0.123. The van der Waals surface area contributed by atoms with Gasteiger partial charge in [0.1, 0.15) is 0 Å². The van der Waals surface area contributed by atoms with Gasteiger partial charge < -0.3 is 20.6 Å². The van der Waals surface area contributed by atoms with Gasteiger partial charge in [-0.05, 0) is 12.8 Å². The van der Waals surface area contributed by atoms with Crippen LogP contribution in [0.5, 0.6) is 0 Å². The molecule has 0 aromatic carbocycles. The predicted octanol–water partition coefficient (Wildman–Crippen LogP) is 12.0. The summed E-state index contributed by atoms with van der Waals surface area (Å²) in [6, 6.07) is -0.738. The summed E-state index contributed by atoms with van der Waals surface area (Å²) in [5, 5.41) is 33.1. The van der Waals surface area contributed by atoms with Crippen molar-refractivity contribution in [1.82, 2.24) is 5.32 Å². The summed E-state index contributed by atoms with van der Waals surface area (Å²) >= 11 is 0. The molecule has 0 fully saturated rings. The summed E-state index contributed by atoms with van der Waals surface area (Å²) < 4.78 is 0. The van der Waals surface area contributed by atoms with Crippen molar-refractivity contribution in [2.24, 2.45) is 0 Å². The van der Waals surface area contributed by atoms with Crippen molar-refractivity contribution >= 4 is 5.91 Å². The number of nitrogens with one attached hydrogen (secondary N) is 1. The predicted molar refractivity (Wildman–Crippen MR) is 208 cm³/mol. The van der Waals surface area contributed by atoms with Crippen LogP contribution < -0.4 is 5.32 Å². The normalized spacial score (nSPS) is 13.7. The molecule has 286 valence electrons. The minimum Gasteiger partial charge on any atom is -0.394 e. The molecule has 1 unspecified atom stereocenters. The number of aliphatic hydroxyl groups excluding tert-OH is 3. The summed E-state index contributed by atoms with van der Waals surface area (Å²) in [4.78, 5) is 12.4. The molecule has 1 amide bonds. The maximum atomic E-state index is 12.4. The standard InChI is InChI=1S/C43H85NO4/c1-3-5-7-9-11-13-15-16-17-18-19-20-21-22-23-24-25-26-28-30-32-34-36-43(48)44-41(39-45)42(47)38-37-40(46)35-33-31-29-27-14-12-10-8-6-4-2/h37-38,40-42,45-47H,3-36,39H2,1-2H3,(H,44,48)/b38-37+/t40?,41-,42+/m0/s1. The average molecular weight is 680 g/mol. The molecule has 0 aromatic rings. The van der Waals surface area contributed by atoms with Crippen LogP contribution in [0.1, 0.15) is 232 Å². The first-order chi connectivity index (χ1) is 23.5. The lowest BCUT2D eigenvalue weighted by Crippen LogP contribution is -2.45. The Morgan fingerprint density at radius 3 is 1.12 bits per heavy atom. The van der Waals surface area contributed by atoms with Crippen molar-refractivity contribution in [2.45, 2.75) is 250 Å². The summed E-state index contributed by atoms with van der Waals surface area (Å²) in [7, 11) is 0. The van der Waals surface area contributed by atoms with Gasteiger partial charge in [-0.15, -0.1) is 0 Å². The highest BCUT2D eigenvalue weighted by molar-refractivity contribution is 5.76. The lowest BCUT2D eigenvalue weighted by Gasteiger charge is -2.20. The highest BCUT2D eigenvalue weighted by Gasteiger charge is 2.18. The number of hydrogen-bond donors (Lipinski definition) is 4. The Hall–Kier alpha value is -0.910. The Bertz CT molecular complexity index is 669. The fourth-order valence-corrected chi connectivity index (χ4v) is 6.73. The van der Waals surface area contributed by atoms with Crippen molar-refractivity contribution in [1.29, 1.82) is 0 Å². The van der Waals surface area contributed by atoms with Crippen LogP contribution in [0.3, 0.4) is 0 Å². The third-order valence-corrected chi connectivity index (χ3v) is 10.1. The second-order valence-electron chi connectivity index (χ2n) is 14.9. The smallest absolute Gasteiger partial charge is 0.220 e. The van der Waals surface area contributed by atoms with Crippen LogP contribution >= 0.6 is 0 Å². The van der Waals surface area contributed by atoms with Crippen LogP contribution in [-0.2, 0) is 4.79 Å². The molecule has 0 saturated heterocycles. The molecular weight excluding hydrogens is 594 g/mol. The lowest BCUT2D eigenvalue weighted by atomic mass is 10.0. The van der Waals surface area contributed by atoms with Crippen molar-refractivity contribution in [3.8, 4) is 0 Å². The Morgan fingerprint density at radius 1 is 0.479 bits per heavy atom. The zero-order valence-corrected chi connectivity index (χ0v) is 32.4. The molecule has 0 rings (SSSR count). The average Bonchev–Trinajstić information content (AvgIpc) is 3.09. The molecule has 0 heterocycles. The summed E-state index contributed by atoms with van der Waals surface area (Å²) in [6.07, 6.45) is 44.8. The van der Waals surface area contributed by atoms with E-state index in [9.17, 15) is 20.1 Å². The van der Waals surface area contributed by atoms with E-state index in [1.54, 1.807) is 6.08 Å². The van der Waals surface area contributed by atoms with Crippen LogP contribution in [0.25, 0.3) is 0 Å². The molecule has 48 heavy (non-hydrogen) atoms. The van der Waals surface area contributed by atoms with E-state index in [2.05, 4.69) is 19.2 Å². The Morgan fingerprint density at radius 2 is 0.792 bits per heavy atom. The molecule has 0 radical (unpaired) electrons. The minimum atomic E-state index is -1.01. The van der Waals surface area contributed by atoms with Gasteiger partial charge in [-0.1, -0.05) is 225 Å². The maximum Gasteiger partial charge on any atom is 0.220 e. The zero-order chi connectivity index (χ0) is 35.2. The highest BCUT2D eigenvalue weighted by atomic mass is 16.3. The molecule has 0 spiro atoms. The Labute approximate surface area is 299 Å². The fraction of sp³-hybridized carbons (Fsp3) is 0.930. The third kappa shape index (κ3) is 34.9. The van der Waals surface area contributed by atoms with E-state index in [0.29, 0.717) is 12.8 Å². The molecular formula is C43H85NO4. The number of rotatable bonds is 39. The zero-order valence-electron chi connectivity index (χ0n) is 32.4. The van der Waals surface area contributed by atoms with Gasteiger partial charge in [-0.3, -0.25) is 4.79 Å². The first kappa shape index (κ1) is 47.1. The summed E-state index contributed by atoms with van der Waals surface area (Å²) in [6.45, 7) is 4.21. The van der Waals surface area contributed by atoms with Crippen LogP contribution in [0, 0.1) is 0 Å². The minimum absolute atomic E-state index is 0.124. The second kappa shape index (κ2) is 38.9. The Balaban J connectivity index is 3.59. The molecule has 0 aromatic heterocycles. The van der Waals surface area contributed by atoms with E-state index in [-0.39, 0.29) is 12.5 Å². The van der Waals surface area contributed by atoms with E-state index < -0.39 is 18.2 Å². The largest absolute Gasteiger partial charge is 0.394 e. The highest BCUT2D eigenvalue weighted by Crippen LogP contribution is 2.16. The van der Waals surface area contributed by atoms with Gasteiger partial charge in [-0.2, -0.15) is 0 Å². The van der Waals surface area contributed by atoms with Crippen LogP contribution in [-0.4, -0.2) is 46.1 Å². The molecule has 5 nitrogen and oxygen atoms in total.